The fourth-order valence-electron chi connectivity index (χ4n) is 2.59. The van der Waals surface area contributed by atoms with Gasteiger partial charge in [-0.05, 0) is 6.07 Å². The van der Waals surface area contributed by atoms with Gasteiger partial charge in [-0.3, -0.25) is 4.79 Å². The molecule has 1 aliphatic rings. The zero-order valence-corrected chi connectivity index (χ0v) is 13.2. The summed E-state index contributed by atoms with van der Waals surface area (Å²) >= 11 is 0. The van der Waals surface area contributed by atoms with E-state index >= 15 is 0 Å². The molecule has 24 heavy (non-hydrogen) atoms. The van der Waals surface area contributed by atoms with E-state index in [4.69, 9.17) is 9.26 Å². The number of hydrogen-bond donors (Lipinski definition) is 0. The first-order valence-electron chi connectivity index (χ1n) is 7.45. The van der Waals surface area contributed by atoms with Gasteiger partial charge in [-0.2, -0.15) is 4.98 Å². The molecule has 1 fully saturated rings. The van der Waals surface area contributed by atoms with Gasteiger partial charge in [-0.1, -0.05) is 12.1 Å². The van der Waals surface area contributed by atoms with Gasteiger partial charge in [0.25, 0.3) is 11.8 Å². The summed E-state index contributed by atoms with van der Waals surface area (Å²) in [5.74, 6) is -2.80. The molecule has 1 saturated heterocycles. The number of aryl methyl sites for hydroxylation is 1. The highest BCUT2D eigenvalue weighted by atomic mass is 19.3. The Hall–Kier alpha value is -2.58. The van der Waals surface area contributed by atoms with Crippen molar-refractivity contribution in [2.24, 2.45) is 0 Å². The van der Waals surface area contributed by atoms with Crippen molar-refractivity contribution in [1.82, 2.24) is 20.0 Å². The average molecular weight is 338 g/mol. The number of carbonyl (C=O) groups excluding carboxylic acids is 1. The maximum Gasteiger partial charge on any atom is 0.267 e. The van der Waals surface area contributed by atoms with Gasteiger partial charge >= 0.3 is 0 Å². The monoisotopic (exact) mass is 338 g/mol. The number of ether oxygens (including phenoxy) is 1. The summed E-state index contributed by atoms with van der Waals surface area (Å²) in [5, 5.41) is 3.72. The van der Waals surface area contributed by atoms with Crippen LogP contribution in [0.1, 0.15) is 41.5 Å². The van der Waals surface area contributed by atoms with E-state index in [1.54, 1.807) is 0 Å². The lowest BCUT2D eigenvalue weighted by atomic mass is 10.1. The SMILES string of the molecule is CCc1noc([C@@H]2CC(F)(F)CN2C(=O)c2ccc(OC)nc2)n1. The summed E-state index contributed by atoms with van der Waals surface area (Å²) in [4.78, 5) is 21.7. The van der Waals surface area contributed by atoms with Crippen LogP contribution in [-0.2, 0) is 6.42 Å². The molecule has 9 heteroatoms. The smallest absolute Gasteiger partial charge is 0.267 e. The molecule has 0 aromatic carbocycles. The molecule has 1 atom stereocenters. The number of nitrogens with zero attached hydrogens (tertiary/aromatic N) is 4. The second-order valence-electron chi connectivity index (χ2n) is 5.50. The first-order chi connectivity index (χ1) is 11.4. The summed E-state index contributed by atoms with van der Waals surface area (Å²) in [7, 11) is 1.45. The second-order valence-corrected chi connectivity index (χ2v) is 5.50. The van der Waals surface area contributed by atoms with Gasteiger partial charge in [0, 0.05) is 25.1 Å². The molecule has 2 aromatic rings. The molecule has 1 aliphatic heterocycles. The first kappa shape index (κ1) is 16.3. The predicted molar refractivity (Wildman–Crippen MR) is 77.8 cm³/mol. The molecule has 0 bridgehead atoms. The van der Waals surface area contributed by atoms with Crippen molar-refractivity contribution in [2.45, 2.75) is 31.7 Å². The van der Waals surface area contributed by atoms with Gasteiger partial charge in [0.05, 0.1) is 19.2 Å². The van der Waals surface area contributed by atoms with Crippen molar-refractivity contribution in [1.29, 1.82) is 0 Å². The lowest BCUT2D eigenvalue weighted by Gasteiger charge is -2.21. The summed E-state index contributed by atoms with van der Waals surface area (Å²) in [6.07, 6.45) is 1.26. The second kappa shape index (κ2) is 6.14. The highest BCUT2D eigenvalue weighted by Gasteiger charge is 2.50. The molecule has 2 aromatic heterocycles. The third-order valence-corrected chi connectivity index (χ3v) is 3.81. The van der Waals surface area contributed by atoms with Crippen molar-refractivity contribution < 1.29 is 22.8 Å². The van der Waals surface area contributed by atoms with Crippen LogP contribution in [0.25, 0.3) is 0 Å². The molecule has 0 unspecified atom stereocenters. The number of halogens is 2. The van der Waals surface area contributed by atoms with Gasteiger partial charge in [-0.25, -0.2) is 13.8 Å². The zero-order valence-electron chi connectivity index (χ0n) is 13.2. The third-order valence-electron chi connectivity index (χ3n) is 3.81. The van der Waals surface area contributed by atoms with Crippen molar-refractivity contribution in [2.75, 3.05) is 13.7 Å². The molecule has 3 rings (SSSR count). The zero-order chi connectivity index (χ0) is 17.3. The number of aromatic nitrogens is 3. The summed E-state index contributed by atoms with van der Waals surface area (Å²) in [6.45, 7) is 1.12. The minimum atomic E-state index is -3.01. The van der Waals surface area contributed by atoms with Gasteiger partial charge in [-0.15, -0.1) is 0 Å². The number of amides is 1. The molecule has 7 nitrogen and oxygen atoms in total. The Morgan fingerprint density at radius 2 is 2.29 bits per heavy atom. The largest absolute Gasteiger partial charge is 0.481 e. The van der Waals surface area contributed by atoms with Crippen LogP contribution >= 0.6 is 0 Å². The van der Waals surface area contributed by atoms with Crippen LogP contribution in [0.4, 0.5) is 8.78 Å². The summed E-state index contributed by atoms with van der Waals surface area (Å²) < 4.78 is 37.8. The van der Waals surface area contributed by atoms with Crippen LogP contribution in [0.2, 0.25) is 0 Å². The molecule has 0 N–H and O–H groups in total. The Morgan fingerprint density at radius 3 is 2.88 bits per heavy atom. The van der Waals surface area contributed by atoms with Crippen LogP contribution in [0.15, 0.2) is 22.9 Å². The number of pyridine rings is 1. The molecule has 128 valence electrons. The van der Waals surface area contributed by atoms with E-state index in [-0.39, 0.29) is 11.5 Å². The standard InChI is InChI=1S/C15H16F2N4O3/c1-3-11-19-13(24-20-11)10-6-15(16,17)8-21(10)14(22)9-4-5-12(23-2)18-7-9/h4-5,7,10H,3,6,8H2,1-2H3/t10-/m0/s1. The van der Waals surface area contributed by atoms with E-state index in [9.17, 15) is 13.6 Å². The first-order valence-corrected chi connectivity index (χ1v) is 7.45. The lowest BCUT2D eigenvalue weighted by Crippen LogP contribution is -2.33. The molecule has 0 saturated carbocycles. The van der Waals surface area contributed by atoms with Crippen molar-refractivity contribution in [3.05, 3.63) is 35.6 Å². The highest BCUT2D eigenvalue weighted by molar-refractivity contribution is 5.94. The van der Waals surface area contributed by atoms with Crippen molar-refractivity contribution >= 4 is 5.91 Å². The lowest BCUT2D eigenvalue weighted by molar-refractivity contribution is 0.0117. The number of alkyl halides is 2. The van der Waals surface area contributed by atoms with Crippen molar-refractivity contribution in [3.8, 4) is 5.88 Å². The molecule has 0 spiro atoms. The fourth-order valence-corrected chi connectivity index (χ4v) is 2.59. The number of methoxy groups -OCH3 is 1. The van der Waals surface area contributed by atoms with E-state index in [2.05, 4.69) is 15.1 Å². The van der Waals surface area contributed by atoms with E-state index in [1.807, 2.05) is 6.92 Å². The van der Waals surface area contributed by atoms with Crippen molar-refractivity contribution in [3.63, 3.8) is 0 Å². The van der Waals surface area contributed by atoms with Crippen LogP contribution in [0.3, 0.4) is 0 Å². The Morgan fingerprint density at radius 1 is 1.50 bits per heavy atom. The molecule has 1 amide bonds. The Kier molecular flexibility index (Phi) is 4.16. The quantitative estimate of drug-likeness (QED) is 0.850. The topological polar surface area (TPSA) is 81.4 Å². The number of hydrogen-bond acceptors (Lipinski definition) is 6. The van der Waals surface area contributed by atoms with Gasteiger partial charge in [0.15, 0.2) is 5.82 Å². The molecular weight excluding hydrogens is 322 g/mol. The number of rotatable bonds is 4. The average Bonchev–Trinajstić information content (AvgIpc) is 3.18. The molecular formula is C15H16F2N4O3. The van der Waals surface area contributed by atoms with E-state index in [1.165, 1.54) is 25.4 Å². The minimum Gasteiger partial charge on any atom is -0.481 e. The van der Waals surface area contributed by atoms with Crippen LogP contribution in [0.5, 0.6) is 5.88 Å². The highest BCUT2D eigenvalue weighted by Crippen LogP contribution is 2.41. The van der Waals surface area contributed by atoms with E-state index < -0.39 is 30.8 Å². The molecule has 0 radical (unpaired) electrons. The molecule has 0 aliphatic carbocycles. The molecule has 3 heterocycles. The maximum atomic E-state index is 13.9. The van der Waals surface area contributed by atoms with E-state index in [0.29, 0.717) is 18.1 Å². The Balaban J connectivity index is 1.88. The predicted octanol–water partition coefficient (Wildman–Crippen LogP) is 2.26. The van der Waals surface area contributed by atoms with Crippen LogP contribution in [-0.4, -0.2) is 45.5 Å². The summed E-state index contributed by atoms with van der Waals surface area (Å²) in [6, 6.07) is 2.02. The fraction of sp³-hybridized carbons (Fsp3) is 0.467. The van der Waals surface area contributed by atoms with Gasteiger partial charge in [0.1, 0.15) is 6.04 Å². The number of likely N-dealkylation sites (tertiary alicyclic amines) is 1. The Labute approximate surface area is 136 Å². The van der Waals surface area contributed by atoms with Gasteiger partial charge in [0.2, 0.25) is 11.8 Å². The summed E-state index contributed by atoms with van der Waals surface area (Å²) in [5.41, 5.74) is 0.189. The Bertz CT molecular complexity index is 733. The minimum absolute atomic E-state index is 0.0267. The van der Waals surface area contributed by atoms with Crippen LogP contribution < -0.4 is 4.74 Å². The normalized spacial score (nSPS) is 19.5. The third kappa shape index (κ3) is 3.06. The maximum absolute atomic E-state index is 13.9. The van der Waals surface area contributed by atoms with Gasteiger partial charge < -0.3 is 14.2 Å². The van der Waals surface area contributed by atoms with Crippen LogP contribution in [0, 0.1) is 0 Å². The van der Waals surface area contributed by atoms with E-state index in [0.717, 1.165) is 4.90 Å². The number of carbonyl (C=O) groups is 1.